The molecule has 0 aliphatic rings. The Morgan fingerprint density at radius 1 is 0.933 bits per heavy atom. The van der Waals surface area contributed by atoms with Gasteiger partial charge >= 0.3 is 0 Å². The Labute approximate surface area is 169 Å². The van der Waals surface area contributed by atoms with Gasteiger partial charge in [-0.3, -0.25) is 14.7 Å². The van der Waals surface area contributed by atoms with E-state index in [-0.39, 0.29) is 5.56 Å². The molecular weight excluding hydrogens is 380 g/mol. The van der Waals surface area contributed by atoms with Crippen LogP contribution in [0.4, 0.5) is 5.69 Å². The van der Waals surface area contributed by atoms with Gasteiger partial charge in [0.2, 0.25) is 0 Å². The molecule has 0 spiro atoms. The van der Waals surface area contributed by atoms with Crippen molar-refractivity contribution in [1.29, 1.82) is 0 Å². The van der Waals surface area contributed by atoms with Crippen molar-refractivity contribution in [2.24, 2.45) is 5.18 Å². The lowest BCUT2D eigenvalue weighted by atomic mass is 10.0. The molecule has 0 fully saturated rings. The van der Waals surface area contributed by atoms with E-state index in [2.05, 4.69) is 10.3 Å². The van der Waals surface area contributed by atoms with Gasteiger partial charge in [-0.05, 0) is 47.6 Å². The summed E-state index contributed by atoms with van der Waals surface area (Å²) < 4.78 is 1.44. The monoisotopic (exact) mass is 394 g/mol. The van der Waals surface area contributed by atoms with Crippen LogP contribution in [0.2, 0.25) is 0 Å². The van der Waals surface area contributed by atoms with E-state index < -0.39 is 0 Å². The van der Waals surface area contributed by atoms with Crippen LogP contribution in [0, 0.1) is 4.91 Å². The van der Waals surface area contributed by atoms with Crippen LogP contribution in [0.1, 0.15) is 10.4 Å². The van der Waals surface area contributed by atoms with E-state index in [0.717, 1.165) is 17.2 Å². The standard InChI is InChI=1S/C23H14N4O3/c28-13-14-5-11-17(12-6-14)27-23(29)20-21(15-7-9-16(26-30)10-8-15)24-19-4-2-1-3-18(19)22(20)25-27/h1-13,25H. The number of carbonyl (C=O) groups is 1. The number of hydrogen-bond acceptors (Lipinski definition) is 5. The number of pyridine rings is 1. The highest BCUT2D eigenvalue weighted by molar-refractivity contribution is 6.08. The maximum Gasteiger partial charge on any atom is 0.281 e. The lowest BCUT2D eigenvalue weighted by Crippen LogP contribution is -2.14. The van der Waals surface area contributed by atoms with Gasteiger partial charge in [-0.15, -0.1) is 4.91 Å². The zero-order valence-corrected chi connectivity index (χ0v) is 15.6. The van der Waals surface area contributed by atoms with E-state index in [1.54, 1.807) is 48.5 Å². The minimum absolute atomic E-state index is 0.255. The van der Waals surface area contributed by atoms with Crippen LogP contribution < -0.4 is 5.56 Å². The second-order valence-electron chi connectivity index (χ2n) is 6.83. The zero-order valence-electron chi connectivity index (χ0n) is 15.6. The van der Waals surface area contributed by atoms with Gasteiger partial charge in [-0.1, -0.05) is 30.3 Å². The maximum absolute atomic E-state index is 13.4. The SMILES string of the molecule is O=Cc1ccc(-n2[nH]c3c(c(-c4ccc(N=O)cc4)nc4ccccc43)c2=O)cc1. The molecule has 7 heteroatoms. The van der Waals surface area contributed by atoms with Crippen LogP contribution in [0.15, 0.2) is 82.8 Å². The average Bonchev–Trinajstić information content (AvgIpc) is 3.16. The van der Waals surface area contributed by atoms with E-state index >= 15 is 0 Å². The van der Waals surface area contributed by atoms with Crippen LogP contribution in [0.25, 0.3) is 38.8 Å². The van der Waals surface area contributed by atoms with Crippen molar-refractivity contribution in [2.75, 3.05) is 0 Å². The van der Waals surface area contributed by atoms with Crippen LogP contribution in [-0.2, 0) is 0 Å². The normalized spacial score (nSPS) is 11.1. The molecule has 144 valence electrons. The second-order valence-corrected chi connectivity index (χ2v) is 6.83. The molecule has 0 atom stereocenters. The molecule has 0 saturated heterocycles. The van der Waals surface area contributed by atoms with E-state index in [4.69, 9.17) is 4.98 Å². The number of benzene rings is 3. The number of nitrogens with one attached hydrogen (secondary N) is 1. The smallest absolute Gasteiger partial charge is 0.281 e. The number of fused-ring (bicyclic) bond motifs is 3. The molecule has 0 aliphatic heterocycles. The van der Waals surface area contributed by atoms with Gasteiger partial charge < -0.3 is 0 Å². The van der Waals surface area contributed by atoms with E-state index in [1.807, 2.05) is 24.3 Å². The Balaban J connectivity index is 1.84. The number of aldehydes is 1. The number of para-hydroxylation sites is 1. The fourth-order valence-electron chi connectivity index (χ4n) is 3.58. The lowest BCUT2D eigenvalue weighted by molar-refractivity contribution is 0.112. The maximum atomic E-state index is 13.4. The van der Waals surface area contributed by atoms with Crippen molar-refractivity contribution in [1.82, 2.24) is 14.8 Å². The molecule has 7 nitrogen and oxygen atoms in total. The highest BCUT2D eigenvalue weighted by Gasteiger charge is 2.18. The van der Waals surface area contributed by atoms with Gasteiger partial charge in [0.15, 0.2) is 0 Å². The predicted octanol–water partition coefficient (Wildman–Crippen LogP) is 4.74. The summed E-state index contributed by atoms with van der Waals surface area (Å²) in [6.45, 7) is 0. The van der Waals surface area contributed by atoms with Crippen molar-refractivity contribution in [3.8, 4) is 16.9 Å². The summed E-state index contributed by atoms with van der Waals surface area (Å²) in [5.41, 5.74) is 3.81. The zero-order chi connectivity index (χ0) is 20.7. The van der Waals surface area contributed by atoms with E-state index in [1.165, 1.54) is 4.68 Å². The Morgan fingerprint density at radius 3 is 2.37 bits per heavy atom. The Kier molecular flexibility index (Phi) is 4.07. The first kappa shape index (κ1) is 17.7. The molecule has 3 aromatic carbocycles. The number of H-pyrrole nitrogens is 1. The summed E-state index contributed by atoms with van der Waals surface area (Å²) >= 11 is 0. The van der Waals surface area contributed by atoms with Crippen molar-refractivity contribution in [2.45, 2.75) is 0 Å². The number of aromatic amines is 1. The van der Waals surface area contributed by atoms with Crippen LogP contribution in [0.5, 0.6) is 0 Å². The highest BCUT2D eigenvalue weighted by atomic mass is 16.3. The van der Waals surface area contributed by atoms with Gasteiger partial charge in [0.25, 0.3) is 5.56 Å². The molecule has 0 unspecified atom stereocenters. The van der Waals surface area contributed by atoms with Gasteiger partial charge in [0.05, 0.1) is 27.8 Å². The molecule has 30 heavy (non-hydrogen) atoms. The molecule has 5 aromatic rings. The minimum Gasteiger partial charge on any atom is -0.298 e. The van der Waals surface area contributed by atoms with Crippen molar-refractivity contribution in [3.05, 3.63) is 93.6 Å². The molecule has 0 bridgehead atoms. The van der Waals surface area contributed by atoms with Crippen LogP contribution >= 0.6 is 0 Å². The Bertz CT molecular complexity index is 1480. The number of nitroso groups, excluding NO2 is 1. The summed E-state index contributed by atoms with van der Waals surface area (Å²) in [5, 5.41) is 7.39. The van der Waals surface area contributed by atoms with Crippen LogP contribution in [0.3, 0.4) is 0 Å². The largest absolute Gasteiger partial charge is 0.298 e. The quantitative estimate of drug-likeness (QED) is 0.351. The molecule has 2 aromatic heterocycles. The van der Waals surface area contributed by atoms with Crippen molar-refractivity contribution < 1.29 is 4.79 Å². The molecule has 0 amide bonds. The van der Waals surface area contributed by atoms with E-state index in [0.29, 0.717) is 39.1 Å². The molecule has 2 heterocycles. The highest BCUT2D eigenvalue weighted by Crippen LogP contribution is 2.31. The summed E-state index contributed by atoms with van der Waals surface area (Å²) in [4.78, 5) is 39.8. The Hall–Kier alpha value is -4.39. The van der Waals surface area contributed by atoms with Crippen LogP contribution in [-0.4, -0.2) is 21.1 Å². The fourth-order valence-corrected chi connectivity index (χ4v) is 3.58. The molecule has 1 N–H and O–H groups in total. The average molecular weight is 394 g/mol. The number of carbonyl (C=O) groups excluding carboxylic acids is 1. The third kappa shape index (κ3) is 2.72. The molecular formula is C23H14N4O3. The van der Waals surface area contributed by atoms with E-state index in [9.17, 15) is 14.5 Å². The number of nitrogens with zero attached hydrogens (tertiary/aromatic N) is 3. The van der Waals surface area contributed by atoms with Gasteiger partial charge in [0, 0.05) is 16.5 Å². The Morgan fingerprint density at radius 2 is 1.67 bits per heavy atom. The van der Waals surface area contributed by atoms with Gasteiger partial charge in [-0.2, -0.15) is 0 Å². The summed E-state index contributed by atoms with van der Waals surface area (Å²) in [7, 11) is 0. The fraction of sp³-hybridized carbons (Fsp3) is 0. The summed E-state index contributed by atoms with van der Waals surface area (Å²) in [6, 6.07) is 20.9. The molecule has 0 radical (unpaired) electrons. The van der Waals surface area contributed by atoms with Gasteiger partial charge in [0.1, 0.15) is 12.0 Å². The number of aromatic nitrogens is 3. The minimum atomic E-state index is -0.255. The first-order valence-electron chi connectivity index (χ1n) is 9.22. The first-order chi connectivity index (χ1) is 14.7. The molecule has 0 saturated carbocycles. The summed E-state index contributed by atoms with van der Waals surface area (Å²) in [6.07, 6.45) is 0.755. The predicted molar refractivity (Wildman–Crippen MR) is 115 cm³/mol. The topological polar surface area (TPSA) is 97.2 Å². The van der Waals surface area contributed by atoms with Gasteiger partial charge in [-0.25, -0.2) is 9.67 Å². The molecule has 5 rings (SSSR count). The number of hydrogen-bond donors (Lipinski definition) is 1. The number of rotatable bonds is 4. The third-order valence-electron chi connectivity index (χ3n) is 5.07. The van der Waals surface area contributed by atoms with Crippen molar-refractivity contribution in [3.63, 3.8) is 0 Å². The third-order valence-corrected chi connectivity index (χ3v) is 5.07. The first-order valence-corrected chi connectivity index (χ1v) is 9.22. The molecule has 0 aliphatic carbocycles. The lowest BCUT2D eigenvalue weighted by Gasteiger charge is -2.05. The summed E-state index contributed by atoms with van der Waals surface area (Å²) in [5.74, 6) is 0. The second kappa shape index (κ2) is 6.89. The van der Waals surface area contributed by atoms with Crippen molar-refractivity contribution >= 4 is 33.8 Å².